The third-order valence-corrected chi connectivity index (χ3v) is 2.80. The molecule has 0 aromatic heterocycles. The second-order valence-electron chi connectivity index (χ2n) is 3.65. The summed E-state index contributed by atoms with van der Waals surface area (Å²) in [5.41, 5.74) is 6.23. The van der Waals surface area contributed by atoms with Crippen LogP contribution in [0.1, 0.15) is 11.1 Å². The van der Waals surface area contributed by atoms with E-state index in [1.54, 1.807) is 6.92 Å². The smallest absolute Gasteiger partial charge is 0.320 e. The van der Waals surface area contributed by atoms with Gasteiger partial charge in [0.25, 0.3) is 0 Å². The molecular weight excluding hydrogens is 249 g/mol. The number of hydrogen-bond donors (Lipinski definition) is 2. The molecule has 94 valence electrons. The van der Waals surface area contributed by atoms with Crippen LogP contribution in [0.15, 0.2) is 6.07 Å². The van der Waals surface area contributed by atoms with Gasteiger partial charge in [0.15, 0.2) is 0 Å². The van der Waals surface area contributed by atoms with Crippen molar-refractivity contribution in [3.63, 3.8) is 0 Å². The van der Waals surface area contributed by atoms with Gasteiger partial charge in [-0.25, -0.2) is 4.39 Å². The summed E-state index contributed by atoms with van der Waals surface area (Å²) in [4.78, 5) is 10.7. The number of methoxy groups -OCH3 is 1. The number of carbonyl (C=O) groups is 1. The van der Waals surface area contributed by atoms with Crippen molar-refractivity contribution < 1.29 is 19.0 Å². The van der Waals surface area contributed by atoms with Crippen LogP contribution >= 0.6 is 11.6 Å². The standard InChI is InChI=1S/C11H13ClFNO3/c1-5-3-7(13)9(12)6(10(5)17-2)4-8(14)11(15)16/h3,8H,4,14H2,1-2H3,(H,15,16). The van der Waals surface area contributed by atoms with Crippen LogP contribution in [0.3, 0.4) is 0 Å². The van der Waals surface area contributed by atoms with Crippen molar-refractivity contribution in [2.75, 3.05) is 7.11 Å². The van der Waals surface area contributed by atoms with Crippen molar-refractivity contribution in [1.29, 1.82) is 0 Å². The zero-order chi connectivity index (χ0) is 13.2. The molecule has 0 radical (unpaired) electrons. The predicted octanol–water partition coefficient (Wildman–Crippen LogP) is 1.75. The maximum absolute atomic E-state index is 13.4. The van der Waals surface area contributed by atoms with E-state index in [-0.39, 0.29) is 17.0 Å². The Morgan fingerprint density at radius 1 is 1.71 bits per heavy atom. The molecule has 0 aliphatic heterocycles. The maximum atomic E-state index is 13.4. The summed E-state index contributed by atoms with van der Waals surface area (Å²) < 4.78 is 18.5. The lowest BCUT2D eigenvalue weighted by Gasteiger charge is -2.15. The molecule has 1 aromatic carbocycles. The molecule has 0 aliphatic carbocycles. The molecule has 4 nitrogen and oxygen atoms in total. The van der Waals surface area contributed by atoms with E-state index in [4.69, 9.17) is 27.2 Å². The van der Waals surface area contributed by atoms with Crippen LogP contribution in [-0.2, 0) is 11.2 Å². The molecule has 17 heavy (non-hydrogen) atoms. The molecule has 0 saturated carbocycles. The molecule has 1 atom stereocenters. The van der Waals surface area contributed by atoms with Gasteiger partial charge in [-0.3, -0.25) is 4.79 Å². The number of rotatable bonds is 4. The van der Waals surface area contributed by atoms with Gasteiger partial charge >= 0.3 is 5.97 Å². The molecule has 0 spiro atoms. The number of aliphatic carboxylic acids is 1. The zero-order valence-electron chi connectivity index (χ0n) is 9.46. The minimum absolute atomic E-state index is 0.0874. The normalized spacial score (nSPS) is 12.3. The van der Waals surface area contributed by atoms with Crippen molar-refractivity contribution in [2.45, 2.75) is 19.4 Å². The Hall–Kier alpha value is -1.33. The monoisotopic (exact) mass is 261 g/mol. The number of ether oxygens (including phenoxy) is 1. The van der Waals surface area contributed by atoms with Gasteiger partial charge in [-0.05, 0) is 18.6 Å². The van der Waals surface area contributed by atoms with Crippen molar-refractivity contribution in [3.05, 3.63) is 28.0 Å². The number of halogens is 2. The van der Waals surface area contributed by atoms with Crippen LogP contribution in [0.2, 0.25) is 5.02 Å². The summed E-state index contributed by atoms with van der Waals surface area (Å²) in [6.45, 7) is 1.65. The topological polar surface area (TPSA) is 72.5 Å². The number of hydrogen-bond acceptors (Lipinski definition) is 3. The van der Waals surface area contributed by atoms with E-state index in [0.717, 1.165) is 0 Å². The Bertz CT molecular complexity index is 451. The van der Waals surface area contributed by atoms with Crippen molar-refractivity contribution in [2.24, 2.45) is 5.73 Å². The fourth-order valence-electron chi connectivity index (χ4n) is 1.57. The number of carboxylic acids is 1. The highest BCUT2D eigenvalue weighted by Gasteiger charge is 2.21. The molecular formula is C11H13ClFNO3. The molecule has 0 bridgehead atoms. The first-order chi connectivity index (χ1) is 7.88. The maximum Gasteiger partial charge on any atom is 0.320 e. The summed E-state index contributed by atoms with van der Waals surface area (Å²) in [7, 11) is 1.41. The number of carboxylic acid groups (broad SMARTS) is 1. The predicted molar refractivity (Wildman–Crippen MR) is 62.0 cm³/mol. The van der Waals surface area contributed by atoms with Gasteiger partial charge in [0.1, 0.15) is 17.6 Å². The summed E-state index contributed by atoms with van der Waals surface area (Å²) in [5, 5.41) is 8.58. The summed E-state index contributed by atoms with van der Waals surface area (Å²) in [6.07, 6.45) is -0.0874. The van der Waals surface area contributed by atoms with E-state index in [2.05, 4.69) is 0 Å². The average Bonchev–Trinajstić information content (AvgIpc) is 2.25. The third-order valence-electron chi connectivity index (χ3n) is 2.40. The molecule has 0 fully saturated rings. The number of nitrogens with two attached hydrogens (primary N) is 1. The summed E-state index contributed by atoms with van der Waals surface area (Å²) in [6, 6.07) is 0.0827. The SMILES string of the molecule is COc1c(C)cc(F)c(Cl)c1CC(N)C(=O)O. The summed E-state index contributed by atoms with van der Waals surface area (Å²) in [5.74, 6) is -1.42. The Morgan fingerprint density at radius 2 is 2.29 bits per heavy atom. The molecule has 3 N–H and O–H groups in total. The Balaban J connectivity index is 3.25. The molecule has 0 heterocycles. The minimum atomic E-state index is -1.18. The fraction of sp³-hybridized carbons (Fsp3) is 0.364. The molecule has 6 heteroatoms. The van der Waals surface area contributed by atoms with Gasteiger partial charge in [-0.1, -0.05) is 11.6 Å². The minimum Gasteiger partial charge on any atom is -0.496 e. The van der Waals surface area contributed by atoms with Gasteiger partial charge in [-0.15, -0.1) is 0 Å². The van der Waals surface area contributed by atoms with Gasteiger partial charge < -0.3 is 15.6 Å². The molecule has 0 saturated heterocycles. The van der Waals surface area contributed by atoms with Crippen molar-refractivity contribution >= 4 is 17.6 Å². The number of benzene rings is 1. The highest BCUT2D eigenvalue weighted by molar-refractivity contribution is 6.31. The number of aryl methyl sites for hydroxylation is 1. The second-order valence-corrected chi connectivity index (χ2v) is 4.03. The largest absolute Gasteiger partial charge is 0.496 e. The van der Waals surface area contributed by atoms with Crippen molar-refractivity contribution in [1.82, 2.24) is 0 Å². The molecule has 1 aromatic rings. The Labute approximate surface area is 103 Å². The Morgan fingerprint density at radius 3 is 2.76 bits per heavy atom. The zero-order valence-corrected chi connectivity index (χ0v) is 10.2. The lowest BCUT2D eigenvalue weighted by Crippen LogP contribution is -2.32. The Kier molecular flexibility index (Phi) is 4.31. The first-order valence-electron chi connectivity index (χ1n) is 4.88. The van der Waals surface area contributed by atoms with Crippen LogP contribution in [0, 0.1) is 12.7 Å². The van der Waals surface area contributed by atoms with Gasteiger partial charge in [0.2, 0.25) is 0 Å². The third kappa shape index (κ3) is 2.87. The van der Waals surface area contributed by atoms with Gasteiger partial charge in [-0.2, -0.15) is 0 Å². The molecule has 0 aliphatic rings. The highest BCUT2D eigenvalue weighted by atomic mass is 35.5. The van der Waals surface area contributed by atoms with E-state index in [9.17, 15) is 9.18 Å². The quantitative estimate of drug-likeness (QED) is 0.866. The van der Waals surface area contributed by atoms with Gasteiger partial charge in [0.05, 0.1) is 12.1 Å². The second kappa shape index (κ2) is 5.33. The van der Waals surface area contributed by atoms with E-state index in [0.29, 0.717) is 11.3 Å². The first-order valence-corrected chi connectivity index (χ1v) is 5.26. The lowest BCUT2D eigenvalue weighted by molar-refractivity contribution is -0.138. The molecule has 1 rings (SSSR count). The van der Waals surface area contributed by atoms with Crippen LogP contribution in [0.4, 0.5) is 4.39 Å². The lowest BCUT2D eigenvalue weighted by atomic mass is 10.0. The van der Waals surface area contributed by atoms with E-state index < -0.39 is 17.8 Å². The van der Waals surface area contributed by atoms with E-state index >= 15 is 0 Å². The fourth-order valence-corrected chi connectivity index (χ4v) is 1.79. The van der Waals surface area contributed by atoms with Gasteiger partial charge in [0, 0.05) is 12.0 Å². The van der Waals surface area contributed by atoms with Crippen molar-refractivity contribution in [3.8, 4) is 5.75 Å². The van der Waals surface area contributed by atoms with E-state index in [1.807, 2.05) is 0 Å². The van der Waals surface area contributed by atoms with Crippen LogP contribution in [-0.4, -0.2) is 24.2 Å². The van der Waals surface area contributed by atoms with E-state index in [1.165, 1.54) is 13.2 Å². The summed E-state index contributed by atoms with van der Waals surface area (Å²) >= 11 is 5.79. The molecule has 1 unspecified atom stereocenters. The van der Waals surface area contributed by atoms with Crippen LogP contribution in [0.5, 0.6) is 5.75 Å². The highest BCUT2D eigenvalue weighted by Crippen LogP contribution is 2.33. The average molecular weight is 262 g/mol. The van der Waals surface area contributed by atoms with Crippen LogP contribution in [0.25, 0.3) is 0 Å². The van der Waals surface area contributed by atoms with Crippen LogP contribution < -0.4 is 10.5 Å². The molecule has 0 amide bonds. The first kappa shape index (κ1) is 13.7.